The van der Waals surface area contributed by atoms with Crippen LogP contribution in [0.2, 0.25) is 0 Å². The van der Waals surface area contributed by atoms with Gasteiger partial charge >= 0.3 is 6.18 Å². The second kappa shape index (κ2) is 11.0. The standard InChI is InChI=1S/C20H24F3N5O2S/c1-12(2)16(24)17(30)25-14(9-8-13-6-4-3-5-7-13)10-11-15(29)26-19-28-27-18(31-19)20(21,22)23/h3-7,10-12,14,16H,8-9,24H2,1-2H3,(H,25,30)(H,26,28,29)/b11-10+/t14-,16-/m0/s1. The molecule has 0 aliphatic rings. The van der Waals surface area contributed by atoms with E-state index in [4.69, 9.17) is 5.73 Å². The maximum atomic E-state index is 12.6. The van der Waals surface area contributed by atoms with Crippen LogP contribution in [-0.2, 0) is 22.2 Å². The molecular weight excluding hydrogens is 431 g/mol. The second-order valence-electron chi connectivity index (χ2n) is 7.17. The molecule has 11 heteroatoms. The summed E-state index contributed by atoms with van der Waals surface area (Å²) in [6.07, 6.45) is -0.861. The summed E-state index contributed by atoms with van der Waals surface area (Å²) in [4.78, 5) is 24.4. The van der Waals surface area contributed by atoms with Gasteiger partial charge in [0.15, 0.2) is 0 Å². The van der Waals surface area contributed by atoms with Crippen LogP contribution in [0.4, 0.5) is 18.3 Å². The van der Waals surface area contributed by atoms with E-state index in [1.165, 1.54) is 6.08 Å². The van der Waals surface area contributed by atoms with Crippen LogP contribution in [0.3, 0.4) is 0 Å². The third-order valence-corrected chi connectivity index (χ3v) is 5.20. The molecule has 0 spiro atoms. The Bertz CT molecular complexity index is 900. The molecule has 0 aliphatic heterocycles. The zero-order chi connectivity index (χ0) is 23.0. The number of aromatic nitrogens is 2. The normalized spacial score (nSPS) is 13.9. The molecular formula is C20H24F3N5O2S. The summed E-state index contributed by atoms with van der Waals surface area (Å²) in [5.74, 6) is -1.10. The van der Waals surface area contributed by atoms with E-state index in [0.717, 1.165) is 11.6 Å². The van der Waals surface area contributed by atoms with Crippen LogP contribution in [0.1, 0.15) is 30.8 Å². The van der Waals surface area contributed by atoms with Crippen LogP contribution < -0.4 is 16.4 Å². The fourth-order valence-electron chi connectivity index (χ4n) is 2.50. The van der Waals surface area contributed by atoms with E-state index in [2.05, 4.69) is 20.8 Å². The van der Waals surface area contributed by atoms with Gasteiger partial charge in [0.05, 0.1) is 6.04 Å². The number of halogens is 3. The van der Waals surface area contributed by atoms with Gasteiger partial charge in [-0.3, -0.25) is 14.9 Å². The van der Waals surface area contributed by atoms with Gasteiger partial charge < -0.3 is 11.1 Å². The van der Waals surface area contributed by atoms with Crippen LogP contribution in [0.5, 0.6) is 0 Å². The lowest BCUT2D eigenvalue weighted by Gasteiger charge is -2.20. The molecule has 4 N–H and O–H groups in total. The Hall–Kier alpha value is -2.79. The van der Waals surface area contributed by atoms with Crippen LogP contribution in [0, 0.1) is 5.92 Å². The predicted octanol–water partition coefficient (Wildman–Crippen LogP) is 3.15. The molecule has 0 unspecified atom stereocenters. The summed E-state index contributed by atoms with van der Waals surface area (Å²) < 4.78 is 37.8. The lowest BCUT2D eigenvalue weighted by Crippen LogP contribution is -2.47. The Kier molecular flexibility index (Phi) is 8.69. The average Bonchev–Trinajstić information content (AvgIpc) is 3.19. The van der Waals surface area contributed by atoms with Crippen LogP contribution in [-0.4, -0.2) is 34.1 Å². The number of nitrogens with zero attached hydrogens (tertiary/aromatic N) is 2. The fraction of sp³-hybridized carbons (Fsp3) is 0.400. The zero-order valence-electron chi connectivity index (χ0n) is 17.0. The monoisotopic (exact) mass is 455 g/mol. The second-order valence-corrected chi connectivity index (χ2v) is 8.15. The number of aryl methyl sites for hydroxylation is 1. The average molecular weight is 456 g/mol. The van der Waals surface area contributed by atoms with E-state index < -0.39 is 29.2 Å². The Morgan fingerprint density at radius 1 is 1.19 bits per heavy atom. The van der Waals surface area contributed by atoms with Gasteiger partial charge in [0, 0.05) is 12.1 Å². The number of hydrogen-bond donors (Lipinski definition) is 3. The molecule has 1 aromatic heterocycles. The minimum Gasteiger partial charge on any atom is -0.349 e. The minimum absolute atomic E-state index is 0.0673. The Morgan fingerprint density at radius 3 is 2.45 bits per heavy atom. The van der Waals surface area contributed by atoms with Crippen molar-refractivity contribution in [2.75, 3.05) is 5.32 Å². The maximum absolute atomic E-state index is 12.6. The van der Waals surface area contributed by atoms with Gasteiger partial charge in [-0.2, -0.15) is 13.2 Å². The molecule has 2 amide bonds. The highest BCUT2D eigenvalue weighted by Crippen LogP contribution is 2.32. The molecule has 2 rings (SSSR count). The van der Waals surface area contributed by atoms with Gasteiger partial charge in [-0.25, -0.2) is 0 Å². The van der Waals surface area contributed by atoms with Gasteiger partial charge in [0.1, 0.15) is 0 Å². The predicted molar refractivity (Wildman–Crippen MR) is 112 cm³/mol. The summed E-state index contributed by atoms with van der Waals surface area (Å²) in [5.41, 5.74) is 6.95. The van der Waals surface area contributed by atoms with Crippen molar-refractivity contribution in [3.63, 3.8) is 0 Å². The summed E-state index contributed by atoms with van der Waals surface area (Å²) in [6, 6.07) is 8.39. The first kappa shape index (κ1) is 24.5. The van der Waals surface area contributed by atoms with Crippen molar-refractivity contribution in [1.82, 2.24) is 15.5 Å². The van der Waals surface area contributed by atoms with Crippen molar-refractivity contribution in [3.05, 3.63) is 53.1 Å². The highest BCUT2D eigenvalue weighted by molar-refractivity contribution is 7.15. The van der Waals surface area contributed by atoms with Crippen molar-refractivity contribution in [2.45, 2.75) is 44.9 Å². The molecule has 0 bridgehead atoms. The van der Waals surface area contributed by atoms with Gasteiger partial charge in [0.25, 0.3) is 0 Å². The number of benzene rings is 1. The van der Waals surface area contributed by atoms with E-state index in [1.807, 2.05) is 44.2 Å². The van der Waals surface area contributed by atoms with Crippen molar-refractivity contribution < 1.29 is 22.8 Å². The third kappa shape index (κ3) is 8.10. The number of nitrogens with two attached hydrogens (primary N) is 1. The number of anilines is 1. The molecule has 168 valence electrons. The number of alkyl halides is 3. The van der Waals surface area contributed by atoms with E-state index in [9.17, 15) is 22.8 Å². The molecule has 31 heavy (non-hydrogen) atoms. The molecule has 0 aliphatic carbocycles. The molecule has 0 saturated heterocycles. The molecule has 1 heterocycles. The Morgan fingerprint density at radius 2 is 1.87 bits per heavy atom. The Labute approximate surface area is 181 Å². The zero-order valence-corrected chi connectivity index (χ0v) is 17.8. The summed E-state index contributed by atoms with van der Waals surface area (Å²) in [5, 5.41) is 9.95. The molecule has 0 saturated carbocycles. The first-order chi connectivity index (χ1) is 14.6. The van der Waals surface area contributed by atoms with E-state index in [-0.39, 0.29) is 28.3 Å². The summed E-state index contributed by atoms with van der Waals surface area (Å²) >= 11 is 0.228. The number of hydrogen-bond acceptors (Lipinski definition) is 6. The Balaban J connectivity index is 2.03. The molecule has 0 fully saturated rings. The van der Waals surface area contributed by atoms with E-state index >= 15 is 0 Å². The lowest BCUT2D eigenvalue weighted by atomic mass is 10.0. The van der Waals surface area contributed by atoms with Gasteiger partial charge in [-0.1, -0.05) is 61.6 Å². The van der Waals surface area contributed by atoms with E-state index in [1.54, 1.807) is 0 Å². The number of nitrogens with one attached hydrogen (secondary N) is 2. The highest BCUT2D eigenvalue weighted by Gasteiger charge is 2.35. The SMILES string of the molecule is CC(C)[C@H](N)C(=O)N[C@H](/C=C/C(=O)Nc1nnc(C(F)(F)F)s1)CCc1ccccc1. The highest BCUT2D eigenvalue weighted by atomic mass is 32.1. The molecule has 1 aromatic carbocycles. The van der Waals surface area contributed by atoms with Gasteiger partial charge in [0.2, 0.25) is 22.0 Å². The third-order valence-electron chi connectivity index (χ3n) is 4.31. The number of rotatable bonds is 9. The van der Waals surface area contributed by atoms with Crippen molar-refractivity contribution in [3.8, 4) is 0 Å². The molecule has 2 atom stereocenters. The lowest BCUT2D eigenvalue weighted by molar-refractivity contribution is -0.138. The molecule has 7 nitrogen and oxygen atoms in total. The maximum Gasteiger partial charge on any atom is 0.445 e. The quantitative estimate of drug-likeness (QED) is 0.503. The van der Waals surface area contributed by atoms with Crippen LogP contribution in [0.15, 0.2) is 42.5 Å². The van der Waals surface area contributed by atoms with Crippen molar-refractivity contribution in [2.24, 2.45) is 11.7 Å². The largest absolute Gasteiger partial charge is 0.445 e. The van der Waals surface area contributed by atoms with Crippen LogP contribution >= 0.6 is 11.3 Å². The van der Waals surface area contributed by atoms with E-state index in [0.29, 0.717) is 12.8 Å². The first-order valence-electron chi connectivity index (χ1n) is 9.56. The molecule has 0 radical (unpaired) electrons. The first-order valence-corrected chi connectivity index (χ1v) is 10.4. The number of carbonyl (C=O) groups is 2. The smallest absolute Gasteiger partial charge is 0.349 e. The minimum atomic E-state index is -4.63. The van der Waals surface area contributed by atoms with Crippen molar-refractivity contribution in [1.29, 1.82) is 0 Å². The summed E-state index contributed by atoms with van der Waals surface area (Å²) in [6.45, 7) is 3.65. The van der Waals surface area contributed by atoms with Crippen LogP contribution in [0.25, 0.3) is 0 Å². The van der Waals surface area contributed by atoms with Crippen molar-refractivity contribution >= 4 is 28.3 Å². The van der Waals surface area contributed by atoms with Gasteiger partial charge in [-0.15, -0.1) is 10.2 Å². The number of carbonyl (C=O) groups excluding carboxylic acids is 2. The summed E-state index contributed by atoms with van der Waals surface area (Å²) in [7, 11) is 0. The van der Waals surface area contributed by atoms with Gasteiger partial charge in [-0.05, 0) is 24.3 Å². The topological polar surface area (TPSA) is 110 Å². The molecule has 2 aromatic rings. The number of amides is 2. The fourth-order valence-corrected chi connectivity index (χ4v) is 3.12.